The maximum absolute atomic E-state index is 12.8. The number of amides is 1. The van der Waals surface area contributed by atoms with E-state index < -0.39 is 5.97 Å². The van der Waals surface area contributed by atoms with E-state index in [1.54, 1.807) is 36.7 Å². The number of hydrogen-bond donors (Lipinski definition) is 4. The van der Waals surface area contributed by atoms with Crippen LogP contribution in [0.1, 0.15) is 28.4 Å². The number of anilines is 1. The molecule has 7 heteroatoms. The molecule has 0 radical (unpaired) electrons. The molecule has 2 atom stereocenters. The van der Waals surface area contributed by atoms with E-state index >= 15 is 0 Å². The van der Waals surface area contributed by atoms with Gasteiger partial charge in [0.1, 0.15) is 5.69 Å². The molecule has 1 aliphatic heterocycles. The van der Waals surface area contributed by atoms with Gasteiger partial charge in [-0.05, 0) is 54.9 Å². The molecule has 1 fully saturated rings. The molecule has 3 heterocycles. The molecule has 0 saturated carbocycles. The predicted octanol–water partition coefficient (Wildman–Crippen LogP) is 2.35. The minimum Gasteiger partial charge on any atom is -0.477 e. The Hall–Kier alpha value is -3.19. The zero-order chi connectivity index (χ0) is 18.1. The first-order chi connectivity index (χ1) is 12.6. The highest BCUT2D eigenvalue weighted by Crippen LogP contribution is 2.28. The summed E-state index contributed by atoms with van der Waals surface area (Å²) < 4.78 is 0. The largest absolute Gasteiger partial charge is 0.477 e. The van der Waals surface area contributed by atoms with Gasteiger partial charge >= 0.3 is 5.97 Å². The molecule has 2 unspecified atom stereocenters. The molecule has 7 nitrogen and oxygen atoms in total. The fraction of sp³-hybridized carbons (Fsp3) is 0.211. The molecule has 26 heavy (non-hydrogen) atoms. The van der Waals surface area contributed by atoms with Crippen LogP contribution < -0.4 is 10.6 Å². The summed E-state index contributed by atoms with van der Waals surface area (Å²) in [6.07, 6.45) is 4.37. The highest BCUT2D eigenvalue weighted by Gasteiger charge is 2.33. The summed E-state index contributed by atoms with van der Waals surface area (Å²) in [5.74, 6) is -1.01. The van der Waals surface area contributed by atoms with Crippen molar-refractivity contribution in [1.29, 1.82) is 0 Å². The van der Waals surface area contributed by atoms with Gasteiger partial charge in [0.2, 0.25) is 5.91 Å². The molecule has 0 aliphatic carbocycles. The molecule has 4 rings (SSSR count). The Morgan fingerprint density at radius 1 is 1.15 bits per heavy atom. The number of H-pyrrole nitrogens is 1. The van der Waals surface area contributed by atoms with Crippen molar-refractivity contribution in [3.05, 3.63) is 60.0 Å². The molecule has 2 aromatic heterocycles. The Bertz CT molecular complexity index is 967. The van der Waals surface area contributed by atoms with Crippen LogP contribution in [-0.2, 0) is 4.79 Å². The number of nitrogens with zero attached hydrogens (tertiary/aromatic N) is 1. The van der Waals surface area contributed by atoms with Crippen molar-refractivity contribution in [3.63, 3.8) is 0 Å². The number of aromatic carboxylic acids is 1. The summed E-state index contributed by atoms with van der Waals surface area (Å²) in [6, 6.07) is 10.4. The first kappa shape index (κ1) is 16.3. The summed E-state index contributed by atoms with van der Waals surface area (Å²) in [4.78, 5) is 30.7. The second-order valence-electron chi connectivity index (χ2n) is 6.39. The standard InChI is InChI=1S/C19H18N4O3/c24-18(17-14(5-8-21-17)11-3-6-20-7-4-11)22-13-1-2-15-12(9-13)10-16(23-15)19(25)26/h1-4,6-7,9-10,14,17,21,23H,5,8H2,(H,22,24)(H,25,26). The molecule has 0 spiro atoms. The van der Waals surface area contributed by atoms with Crippen molar-refractivity contribution < 1.29 is 14.7 Å². The lowest BCUT2D eigenvalue weighted by molar-refractivity contribution is -0.118. The van der Waals surface area contributed by atoms with Gasteiger partial charge in [-0.15, -0.1) is 0 Å². The van der Waals surface area contributed by atoms with Gasteiger partial charge in [-0.2, -0.15) is 0 Å². The molecular weight excluding hydrogens is 332 g/mol. The van der Waals surface area contributed by atoms with E-state index in [1.165, 1.54) is 0 Å². The zero-order valence-electron chi connectivity index (χ0n) is 13.9. The number of pyridine rings is 1. The molecule has 4 N–H and O–H groups in total. The van der Waals surface area contributed by atoms with E-state index in [2.05, 4.69) is 20.6 Å². The van der Waals surface area contributed by atoms with Crippen molar-refractivity contribution in [2.75, 3.05) is 11.9 Å². The van der Waals surface area contributed by atoms with Gasteiger partial charge in [0.15, 0.2) is 0 Å². The minimum atomic E-state index is -1.01. The molecule has 1 amide bonds. The van der Waals surface area contributed by atoms with Crippen LogP contribution in [0.5, 0.6) is 0 Å². The van der Waals surface area contributed by atoms with Gasteiger partial charge in [0.25, 0.3) is 0 Å². The monoisotopic (exact) mass is 350 g/mol. The van der Waals surface area contributed by atoms with Crippen molar-refractivity contribution in [2.45, 2.75) is 18.4 Å². The third kappa shape index (κ3) is 3.04. The summed E-state index contributed by atoms with van der Waals surface area (Å²) in [5, 5.41) is 16.0. The number of hydrogen-bond acceptors (Lipinski definition) is 4. The lowest BCUT2D eigenvalue weighted by Crippen LogP contribution is -2.39. The second-order valence-corrected chi connectivity index (χ2v) is 6.39. The minimum absolute atomic E-state index is 0.0994. The number of carboxylic acid groups (broad SMARTS) is 1. The van der Waals surface area contributed by atoms with Crippen molar-refractivity contribution in [1.82, 2.24) is 15.3 Å². The van der Waals surface area contributed by atoms with Crippen LogP contribution in [0.15, 0.2) is 48.8 Å². The topological polar surface area (TPSA) is 107 Å². The maximum atomic E-state index is 12.8. The van der Waals surface area contributed by atoms with Gasteiger partial charge < -0.3 is 20.7 Å². The summed E-state index contributed by atoms with van der Waals surface area (Å²) >= 11 is 0. The lowest BCUT2D eigenvalue weighted by atomic mass is 9.92. The third-order valence-corrected chi connectivity index (χ3v) is 4.76. The van der Waals surface area contributed by atoms with E-state index in [4.69, 9.17) is 5.11 Å². The number of aromatic nitrogens is 2. The molecule has 132 valence electrons. The van der Waals surface area contributed by atoms with Crippen LogP contribution in [0.2, 0.25) is 0 Å². The molecule has 1 aliphatic rings. The van der Waals surface area contributed by atoms with E-state index in [9.17, 15) is 9.59 Å². The average molecular weight is 350 g/mol. The Morgan fingerprint density at radius 2 is 1.96 bits per heavy atom. The predicted molar refractivity (Wildman–Crippen MR) is 97.3 cm³/mol. The quantitative estimate of drug-likeness (QED) is 0.578. The number of carboxylic acids is 1. The van der Waals surface area contributed by atoms with Crippen LogP contribution in [0, 0.1) is 0 Å². The van der Waals surface area contributed by atoms with Gasteiger partial charge in [-0.25, -0.2) is 4.79 Å². The molecule has 1 aromatic carbocycles. The van der Waals surface area contributed by atoms with Crippen molar-refractivity contribution in [2.24, 2.45) is 0 Å². The van der Waals surface area contributed by atoms with Crippen LogP contribution >= 0.6 is 0 Å². The number of rotatable bonds is 4. The van der Waals surface area contributed by atoms with E-state index in [-0.39, 0.29) is 23.6 Å². The van der Waals surface area contributed by atoms with Crippen molar-refractivity contribution >= 4 is 28.5 Å². The summed E-state index contributed by atoms with van der Waals surface area (Å²) in [5.41, 5.74) is 2.57. The number of aromatic amines is 1. The number of fused-ring (bicyclic) bond motifs is 1. The van der Waals surface area contributed by atoms with E-state index in [0.717, 1.165) is 23.9 Å². The van der Waals surface area contributed by atoms with Crippen LogP contribution in [0.3, 0.4) is 0 Å². The van der Waals surface area contributed by atoms with Gasteiger partial charge in [-0.1, -0.05) is 0 Å². The maximum Gasteiger partial charge on any atom is 0.352 e. The lowest BCUT2D eigenvalue weighted by Gasteiger charge is -2.19. The summed E-state index contributed by atoms with van der Waals surface area (Å²) in [6.45, 7) is 0.782. The normalized spacial score (nSPS) is 19.5. The fourth-order valence-electron chi connectivity index (χ4n) is 3.49. The van der Waals surface area contributed by atoms with Crippen LogP contribution in [-0.4, -0.2) is 39.5 Å². The third-order valence-electron chi connectivity index (χ3n) is 4.76. The first-order valence-corrected chi connectivity index (χ1v) is 8.42. The highest BCUT2D eigenvalue weighted by atomic mass is 16.4. The van der Waals surface area contributed by atoms with Crippen LogP contribution in [0.4, 0.5) is 5.69 Å². The number of nitrogens with one attached hydrogen (secondary N) is 3. The SMILES string of the molecule is O=C(O)c1cc2cc(NC(=O)C3NCCC3c3ccncc3)ccc2[nH]1. The average Bonchev–Trinajstić information content (AvgIpc) is 3.29. The number of carbonyl (C=O) groups excluding carboxylic acids is 1. The van der Waals surface area contributed by atoms with Crippen molar-refractivity contribution in [3.8, 4) is 0 Å². The van der Waals surface area contributed by atoms with Gasteiger partial charge in [0, 0.05) is 34.9 Å². The molecule has 0 bridgehead atoms. The Kier molecular flexibility index (Phi) is 4.14. The smallest absolute Gasteiger partial charge is 0.352 e. The first-order valence-electron chi connectivity index (χ1n) is 8.42. The number of benzene rings is 1. The van der Waals surface area contributed by atoms with E-state index in [0.29, 0.717) is 11.2 Å². The fourth-order valence-corrected chi connectivity index (χ4v) is 3.49. The van der Waals surface area contributed by atoms with Gasteiger partial charge in [-0.3, -0.25) is 9.78 Å². The highest BCUT2D eigenvalue weighted by molar-refractivity contribution is 5.99. The Morgan fingerprint density at radius 3 is 2.73 bits per heavy atom. The Labute approximate surface area is 149 Å². The summed E-state index contributed by atoms with van der Waals surface area (Å²) in [7, 11) is 0. The van der Waals surface area contributed by atoms with E-state index in [1.807, 2.05) is 12.1 Å². The molecule has 1 saturated heterocycles. The second kappa shape index (κ2) is 6.61. The zero-order valence-corrected chi connectivity index (χ0v) is 13.9. The van der Waals surface area contributed by atoms with Gasteiger partial charge in [0.05, 0.1) is 6.04 Å². The molecular formula is C19H18N4O3. The molecule has 3 aromatic rings. The number of carbonyl (C=O) groups is 2. The Balaban J connectivity index is 1.54. The van der Waals surface area contributed by atoms with Crippen LogP contribution in [0.25, 0.3) is 10.9 Å².